The number of nitrogens with zero attached hydrogens (tertiary/aromatic N) is 1. The van der Waals surface area contributed by atoms with Gasteiger partial charge in [0.2, 0.25) is 5.91 Å². The van der Waals surface area contributed by atoms with Gasteiger partial charge in [-0.3, -0.25) is 9.79 Å². The van der Waals surface area contributed by atoms with E-state index in [0.717, 1.165) is 42.3 Å². The zero-order chi connectivity index (χ0) is 23.2. The van der Waals surface area contributed by atoms with Crippen LogP contribution in [0.25, 0.3) is 5.57 Å². The molecule has 5 atom stereocenters. The van der Waals surface area contributed by atoms with Crippen LogP contribution in [0.3, 0.4) is 0 Å². The molecule has 3 nitrogen and oxygen atoms in total. The molecule has 0 aromatic heterocycles. The van der Waals surface area contributed by atoms with Gasteiger partial charge in [0.1, 0.15) is 0 Å². The highest BCUT2D eigenvalue weighted by atomic mass is 35.5. The van der Waals surface area contributed by atoms with Gasteiger partial charge in [-0.25, -0.2) is 0 Å². The third kappa shape index (κ3) is 3.84. The Hall–Kier alpha value is -2.10. The van der Waals surface area contributed by atoms with Crippen LogP contribution in [0.5, 0.6) is 0 Å². The summed E-state index contributed by atoms with van der Waals surface area (Å²) in [7, 11) is 0. The van der Waals surface area contributed by atoms with E-state index in [2.05, 4.69) is 60.6 Å². The smallest absolute Gasteiger partial charge is 0.226 e. The van der Waals surface area contributed by atoms with Gasteiger partial charge >= 0.3 is 0 Å². The summed E-state index contributed by atoms with van der Waals surface area (Å²) in [4.78, 5) is 17.5. The van der Waals surface area contributed by atoms with Crippen molar-refractivity contribution in [3.8, 4) is 0 Å². The maximum absolute atomic E-state index is 13.2. The van der Waals surface area contributed by atoms with Crippen LogP contribution >= 0.6 is 23.2 Å². The molecule has 2 fully saturated rings. The van der Waals surface area contributed by atoms with Crippen molar-refractivity contribution in [3.05, 3.63) is 75.3 Å². The van der Waals surface area contributed by atoms with Gasteiger partial charge in [0.05, 0.1) is 5.41 Å². The second kappa shape index (κ2) is 8.92. The lowest BCUT2D eigenvalue weighted by Crippen LogP contribution is -2.43. The molecule has 172 valence electrons. The highest BCUT2D eigenvalue weighted by molar-refractivity contribution is 6.31. The van der Waals surface area contributed by atoms with Gasteiger partial charge in [0, 0.05) is 34.8 Å². The van der Waals surface area contributed by atoms with Crippen molar-refractivity contribution >= 4 is 40.9 Å². The average molecular weight is 481 g/mol. The number of hydrogen-bond donors (Lipinski definition) is 1. The van der Waals surface area contributed by atoms with Crippen molar-refractivity contribution in [2.45, 2.75) is 57.4 Å². The molecule has 1 saturated heterocycles. The summed E-state index contributed by atoms with van der Waals surface area (Å²) < 4.78 is 0. The van der Waals surface area contributed by atoms with Crippen molar-refractivity contribution in [3.63, 3.8) is 0 Å². The first-order chi connectivity index (χ1) is 15.9. The third-order valence-electron chi connectivity index (χ3n) is 8.26. The van der Waals surface area contributed by atoms with Gasteiger partial charge < -0.3 is 5.32 Å². The predicted molar refractivity (Wildman–Crippen MR) is 137 cm³/mol. The third-order valence-corrected chi connectivity index (χ3v) is 8.84. The monoisotopic (exact) mass is 480 g/mol. The lowest BCUT2D eigenvalue weighted by atomic mass is 9.54. The number of benzene rings is 2. The molecular weight excluding hydrogens is 451 g/mol. The van der Waals surface area contributed by atoms with Crippen molar-refractivity contribution < 1.29 is 4.79 Å². The number of allylic oxidation sites excluding steroid dienone is 1. The normalized spacial score (nSPS) is 31.2. The first-order valence-electron chi connectivity index (χ1n) is 12.0. The fourth-order valence-electron chi connectivity index (χ4n) is 6.65. The van der Waals surface area contributed by atoms with E-state index in [0.29, 0.717) is 0 Å². The average Bonchev–Trinajstić information content (AvgIpc) is 3.09. The summed E-state index contributed by atoms with van der Waals surface area (Å²) in [5.74, 6) is 0.860. The Morgan fingerprint density at radius 2 is 1.94 bits per heavy atom. The van der Waals surface area contributed by atoms with Gasteiger partial charge in [-0.1, -0.05) is 54.4 Å². The summed E-state index contributed by atoms with van der Waals surface area (Å²) in [5, 5.41) is 4.83. The molecular formula is C28H30Cl2N2O. The van der Waals surface area contributed by atoms with E-state index in [1.165, 1.54) is 22.3 Å². The number of carbonyl (C=O) groups is 1. The topological polar surface area (TPSA) is 41.5 Å². The van der Waals surface area contributed by atoms with Gasteiger partial charge in [-0.05, 0) is 91.0 Å². The molecule has 0 bridgehead atoms. The molecule has 1 saturated carbocycles. The van der Waals surface area contributed by atoms with Crippen molar-refractivity contribution in [1.29, 1.82) is 0 Å². The first-order valence-corrected chi connectivity index (χ1v) is 12.8. The van der Waals surface area contributed by atoms with Gasteiger partial charge in [-0.15, -0.1) is 0 Å². The standard InChI is InChI=1S/C28H30Cl2N2O/c1-3-28-13-10-23(22-9-6-20(16-24(22)30)18-11-14-31-15-12-18)25(19-4-7-21(29)8-5-19)26(28)17(2)32-27(28)33/h4-9,11,14,16-17,23,25-26H,3,10,12-13,15H2,1-2H3,(H,32,33)/t17-,23+,25+,26+,28-/m1/s1. The van der Waals surface area contributed by atoms with Crippen LogP contribution in [0.15, 0.2) is 53.5 Å². The van der Waals surface area contributed by atoms with Crippen molar-refractivity contribution in [2.75, 3.05) is 6.54 Å². The lowest BCUT2D eigenvalue weighted by Gasteiger charge is -2.47. The maximum Gasteiger partial charge on any atom is 0.226 e. The number of amides is 1. The van der Waals surface area contributed by atoms with Gasteiger partial charge in [-0.2, -0.15) is 0 Å². The molecule has 5 heteroatoms. The molecule has 0 radical (unpaired) electrons. The molecule has 2 aromatic carbocycles. The molecule has 5 rings (SSSR count). The van der Waals surface area contributed by atoms with Crippen LogP contribution in [0.2, 0.25) is 10.0 Å². The zero-order valence-electron chi connectivity index (χ0n) is 19.2. The Balaban J connectivity index is 1.59. The minimum atomic E-state index is -0.321. The van der Waals surface area contributed by atoms with Gasteiger partial charge in [0.15, 0.2) is 0 Å². The van der Waals surface area contributed by atoms with Crippen LogP contribution in [0.4, 0.5) is 0 Å². The van der Waals surface area contributed by atoms with Crippen LogP contribution in [0.1, 0.15) is 68.1 Å². The number of nitrogens with one attached hydrogen (secondary N) is 1. The predicted octanol–water partition coefficient (Wildman–Crippen LogP) is 7.04. The van der Waals surface area contributed by atoms with Crippen LogP contribution in [-0.2, 0) is 4.79 Å². The molecule has 2 heterocycles. The number of carbonyl (C=O) groups excluding carboxylic acids is 1. The van der Waals surface area contributed by atoms with Crippen LogP contribution < -0.4 is 5.32 Å². The summed E-state index contributed by atoms with van der Waals surface area (Å²) in [6.07, 6.45) is 7.58. The van der Waals surface area contributed by atoms with E-state index in [4.69, 9.17) is 23.2 Å². The van der Waals surface area contributed by atoms with E-state index in [9.17, 15) is 4.79 Å². The fourth-order valence-corrected chi connectivity index (χ4v) is 7.10. The Morgan fingerprint density at radius 3 is 2.61 bits per heavy atom. The number of halogens is 2. The van der Waals surface area contributed by atoms with E-state index < -0.39 is 0 Å². The van der Waals surface area contributed by atoms with E-state index in [1.807, 2.05) is 18.3 Å². The Morgan fingerprint density at radius 1 is 1.15 bits per heavy atom. The molecule has 33 heavy (non-hydrogen) atoms. The quantitative estimate of drug-likeness (QED) is 0.500. The summed E-state index contributed by atoms with van der Waals surface area (Å²) >= 11 is 13.2. The van der Waals surface area contributed by atoms with Gasteiger partial charge in [0.25, 0.3) is 0 Å². The second-order valence-corrected chi connectivity index (χ2v) is 10.6. The number of rotatable bonds is 4. The van der Waals surface area contributed by atoms with Crippen molar-refractivity contribution in [2.24, 2.45) is 16.3 Å². The molecule has 1 N–H and O–H groups in total. The van der Waals surface area contributed by atoms with Crippen LogP contribution in [0, 0.1) is 11.3 Å². The molecule has 0 unspecified atom stereocenters. The number of dihydropyridines is 1. The zero-order valence-corrected chi connectivity index (χ0v) is 20.7. The SMILES string of the molecule is CC[C@@]12CC[C@@H](c3ccc(C4=CC=NCC4)cc3Cl)[C@H](c3ccc(Cl)cc3)[C@@H]1[C@@H](C)NC2=O. The molecule has 2 aliphatic heterocycles. The molecule has 2 aromatic rings. The Labute approximate surface area is 206 Å². The number of aliphatic imine (C=N–C) groups is 1. The molecule has 0 spiro atoms. The van der Waals surface area contributed by atoms with E-state index in [-0.39, 0.29) is 35.1 Å². The second-order valence-electron chi connectivity index (χ2n) is 9.75. The largest absolute Gasteiger partial charge is 0.353 e. The van der Waals surface area contributed by atoms with Crippen molar-refractivity contribution in [1.82, 2.24) is 5.32 Å². The summed E-state index contributed by atoms with van der Waals surface area (Å²) in [5.41, 5.74) is 4.55. The molecule has 3 aliphatic rings. The highest BCUT2D eigenvalue weighted by Crippen LogP contribution is 2.60. The van der Waals surface area contributed by atoms with E-state index >= 15 is 0 Å². The minimum Gasteiger partial charge on any atom is -0.353 e. The first kappa shape index (κ1) is 22.7. The summed E-state index contributed by atoms with van der Waals surface area (Å²) in [6.45, 7) is 5.14. The fraction of sp³-hybridized carbons (Fsp3) is 0.429. The molecule has 1 amide bonds. The highest BCUT2D eigenvalue weighted by Gasteiger charge is 2.59. The number of hydrogen-bond acceptors (Lipinski definition) is 2. The number of fused-ring (bicyclic) bond motifs is 1. The summed E-state index contributed by atoms with van der Waals surface area (Å²) in [6, 6.07) is 14.8. The Bertz CT molecular complexity index is 1120. The minimum absolute atomic E-state index is 0.116. The van der Waals surface area contributed by atoms with Crippen LogP contribution in [-0.4, -0.2) is 24.7 Å². The Kier molecular flexibility index (Phi) is 6.13. The maximum atomic E-state index is 13.2. The van der Waals surface area contributed by atoms with E-state index in [1.54, 1.807) is 0 Å². The lowest BCUT2D eigenvalue weighted by molar-refractivity contribution is -0.131. The molecule has 1 aliphatic carbocycles.